The van der Waals surface area contributed by atoms with E-state index in [0.29, 0.717) is 0 Å². The SMILES string of the molecule is Cc1c(CN(C)S(=O)(=O)c2cc(Cl)cc(Cl)c2)c(C(C)C)nn1C. The molecule has 24 heavy (non-hydrogen) atoms. The third-order valence-corrected chi connectivity index (χ3v) is 6.18. The number of aryl methyl sites for hydroxylation is 1. The normalized spacial score (nSPS) is 12.4. The van der Waals surface area contributed by atoms with Crippen LogP contribution in [0.5, 0.6) is 0 Å². The molecule has 1 aromatic heterocycles. The second-order valence-corrected chi connectivity index (χ2v) is 9.01. The van der Waals surface area contributed by atoms with Gasteiger partial charge >= 0.3 is 0 Å². The standard InChI is InChI=1S/C16H21Cl2N3O2S/c1-10(2)16-15(11(3)21(5)19-16)9-20(4)24(22,23)14-7-12(17)6-13(18)8-14/h6-8,10H,9H2,1-5H3. The van der Waals surface area contributed by atoms with E-state index < -0.39 is 10.0 Å². The molecule has 0 fully saturated rings. The molecule has 1 aromatic carbocycles. The maximum atomic E-state index is 12.8. The largest absolute Gasteiger partial charge is 0.272 e. The third-order valence-electron chi connectivity index (χ3n) is 3.96. The fourth-order valence-electron chi connectivity index (χ4n) is 2.50. The first-order valence-corrected chi connectivity index (χ1v) is 9.68. The lowest BCUT2D eigenvalue weighted by molar-refractivity contribution is 0.463. The highest BCUT2D eigenvalue weighted by atomic mass is 35.5. The average molecular weight is 390 g/mol. The number of hydrogen-bond donors (Lipinski definition) is 0. The Kier molecular flexibility index (Phi) is 5.64. The maximum absolute atomic E-state index is 12.8. The van der Waals surface area contributed by atoms with Crippen LogP contribution < -0.4 is 0 Å². The van der Waals surface area contributed by atoms with Crippen LogP contribution in [0.3, 0.4) is 0 Å². The van der Waals surface area contributed by atoms with Crippen LogP contribution in [0, 0.1) is 6.92 Å². The van der Waals surface area contributed by atoms with Crippen molar-refractivity contribution in [3.05, 3.63) is 45.2 Å². The summed E-state index contributed by atoms with van der Waals surface area (Å²) in [4.78, 5) is 0.0788. The van der Waals surface area contributed by atoms with Gasteiger partial charge in [0.05, 0.1) is 10.6 Å². The highest BCUT2D eigenvalue weighted by Crippen LogP contribution is 2.27. The Morgan fingerprint density at radius 2 is 1.75 bits per heavy atom. The predicted octanol–water partition coefficient (Wildman–Crippen LogP) is 3.98. The molecule has 0 N–H and O–H groups in total. The van der Waals surface area contributed by atoms with Crippen LogP contribution >= 0.6 is 23.2 Å². The van der Waals surface area contributed by atoms with Crippen LogP contribution in [0.25, 0.3) is 0 Å². The molecule has 0 bridgehead atoms. The van der Waals surface area contributed by atoms with Crippen molar-refractivity contribution in [3.8, 4) is 0 Å². The van der Waals surface area contributed by atoms with Gasteiger partial charge in [-0.05, 0) is 31.0 Å². The Bertz CT molecular complexity index is 840. The third kappa shape index (κ3) is 3.77. The van der Waals surface area contributed by atoms with Gasteiger partial charge in [-0.25, -0.2) is 8.42 Å². The summed E-state index contributed by atoms with van der Waals surface area (Å²) in [6.07, 6.45) is 0. The number of aromatic nitrogens is 2. The number of nitrogens with zero attached hydrogens (tertiary/aromatic N) is 3. The van der Waals surface area contributed by atoms with Crippen LogP contribution in [0.1, 0.15) is 36.7 Å². The molecule has 0 unspecified atom stereocenters. The lowest BCUT2D eigenvalue weighted by Crippen LogP contribution is -2.27. The van der Waals surface area contributed by atoms with E-state index in [1.807, 2.05) is 27.8 Å². The summed E-state index contributed by atoms with van der Waals surface area (Å²) in [6, 6.07) is 4.31. The van der Waals surface area contributed by atoms with Gasteiger partial charge in [-0.1, -0.05) is 37.0 Å². The highest BCUT2D eigenvalue weighted by molar-refractivity contribution is 7.89. The molecule has 2 rings (SSSR count). The first kappa shape index (κ1) is 19.2. The number of sulfonamides is 1. The average Bonchev–Trinajstić information content (AvgIpc) is 2.74. The Morgan fingerprint density at radius 3 is 2.25 bits per heavy atom. The zero-order valence-electron chi connectivity index (χ0n) is 14.3. The first-order chi connectivity index (χ1) is 11.0. The molecule has 5 nitrogen and oxygen atoms in total. The van der Waals surface area contributed by atoms with Crippen molar-refractivity contribution < 1.29 is 8.42 Å². The lowest BCUT2D eigenvalue weighted by Gasteiger charge is -2.19. The second-order valence-electron chi connectivity index (χ2n) is 6.09. The summed E-state index contributed by atoms with van der Waals surface area (Å²) >= 11 is 11.9. The summed E-state index contributed by atoms with van der Waals surface area (Å²) in [7, 11) is -0.305. The van der Waals surface area contributed by atoms with Gasteiger partial charge in [0.25, 0.3) is 0 Å². The number of hydrogen-bond acceptors (Lipinski definition) is 3. The fourth-order valence-corrected chi connectivity index (χ4v) is 4.37. The molecule has 0 saturated heterocycles. The monoisotopic (exact) mass is 389 g/mol. The van der Waals surface area contributed by atoms with Crippen molar-refractivity contribution >= 4 is 33.2 Å². The summed E-state index contributed by atoms with van der Waals surface area (Å²) in [5.41, 5.74) is 2.78. The minimum atomic E-state index is -3.70. The van der Waals surface area contributed by atoms with E-state index in [-0.39, 0.29) is 27.4 Å². The molecule has 2 aromatic rings. The van der Waals surface area contributed by atoms with Crippen molar-refractivity contribution in [1.82, 2.24) is 14.1 Å². The molecule has 0 aliphatic rings. The van der Waals surface area contributed by atoms with Gasteiger partial charge in [0, 0.05) is 41.9 Å². The fraction of sp³-hybridized carbons (Fsp3) is 0.438. The topological polar surface area (TPSA) is 55.2 Å². The Morgan fingerprint density at radius 1 is 1.21 bits per heavy atom. The van der Waals surface area contributed by atoms with Crippen molar-refractivity contribution in [2.24, 2.45) is 7.05 Å². The molecule has 0 aliphatic heterocycles. The molecule has 0 amide bonds. The molecule has 0 spiro atoms. The maximum Gasteiger partial charge on any atom is 0.243 e. The number of halogens is 2. The number of rotatable bonds is 5. The van der Waals surface area contributed by atoms with Crippen LogP contribution in [0.2, 0.25) is 10.0 Å². The molecule has 0 atom stereocenters. The molecular weight excluding hydrogens is 369 g/mol. The van der Waals surface area contributed by atoms with E-state index in [9.17, 15) is 8.42 Å². The van der Waals surface area contributed by atoms with Crippen LogP contribution in [0.15, 0.2) is 23.1 Å². The van der Waals surface area contributed by atoms with E-state index in [2.05, 4.69) is 5.10 Å². The lowest BCUT2D eigenvalue weighted by atomic mass is 10.0. The van der Waals surface area contributed by atoms with Crippen molar-refractivity contribution in [2.45, 2.75) is 38.1 Å². The van der Waals surface area contributed by atoms with Crippen molar-refractivity contribution in [1.29, 1.82) is 0 Å². The minimum absolute atomic E-state index is 0.0788. The van der Waals surface area contributed by atoms with E-state index in [4.69, 9.17) is 23.2 Å². The first-order valence-electron chi connectivity index (χ1n) is 7.48. The molecule has 0 saturated carbocycles. The molecule has 0 aliphatic carbocycles. The van der Waals surface area contributed by atoms with E-state index >= 15 is 0 Å². The molecule has 8 heteroatoms. The van der Waals surface area contributed by atoms with Gasteiger partial charge in [0.15, 0.2) is 0 Å². The van der Waals surface area contributed by atoms with E-state index in [0.717, 1.165) is 17.0 Å². The highest BCUT2D eigenvalue weighted by Gasteiger charge is 2.25. The molecule has 132 valence electrons. The van der Waals surface area contributed by atoms with Crippen LogP contribution in [0.4, 0.5) is 0 Å². The van der Waals surface area contributed by atoms with Gasteiger partial charge in [0.2, 0.25) is 10.0 Å². The molecule has 1 heterocycles. The van der Waals surface area contributed by atoms with Gasteiger partial charge in [-0.3, -0.25) is 4.68 Å². The van der Waals surface area contributed by atoms with Crippen LogP contribution in [-0.2, 0) is 23.6 Å². The summed E-state index contributed by atoms with van der Waals surface area (Å²) in [5, 5.41) is 5.07. The summed E-state index contributed by atoms with van der Waals surface area (Å²) in [5.74, 6) is 0.205. The zero-order valence-corrected chi connectivity index (χ0v) is 16.7. The zero-order chi connectivity index (χ0) is 18.2. The minimum Gasteiger partial charge on any atom is -0.272 e. The Balaban J connectivity index is 2.41. The van der Waals surface area contributed by atoms with Crippen molar-refractivity contribution in [2.75, 3.05) is 7.05 Å². The smallest absolute Gasteiger partial charge is 0.243 e. The molecule has 0 radical (unpaired) electrons. The summed E-state index contributed by atoms with van der Waals surface area (Å²) < 4.78 is 28.7. The number of benzene rings is 1. The quantitative estimate of drug-likeness (QED) is 0.776. The Hall–Kier alpha value is -1.08. The van der Waals surface area contributed by atoms with E-state index in [1.54, 1.807) is 11.7 Å². The van der Waals surface area contributed by atoms with Gasteiger partial charge in [-0.2, -0.15) is 9.40 Å². The van der Waals surface area contributed by atoms with Crippen molar-refractivity contribution in [3.63, 3.8) is 0 Å². The molecular formula is C16H21Cl2N3O2S. The van der Waals surface area contributed by atoms with Gasteiger partial charge in [0.1, 0.15) is 0 Å². The second kappa shape index (κ2) is 7.04. The van der Waals surface area contributed by atoms with Gasteiger partial charge < -0.3 is 0 Å². The van der Waals surface area contributed by atoms with Crippen LogP contribution in [-0.4, -0.2) is 29.6 Å². The van der Waals surface area contributed by atoms with E-state index in [1.165, 1.54) is 22.5 Å². The Labute approximate surface area is 153 Å². The summed E-state index contributed by atoms with van der Waals surface area (Å²) in [6.45, 7) is 6.25. The predicted molar refractivity (Wildman–Crippen MR) is 97.1 cm³/mol. The van der Waals surface area contributed by atoms with Gasteiger partial charge in [-0.15, -0.1) is 0 Å².